The maximum absolute atomic E-state index is 10.2. The minimum Gasteiger partial charge on any atom is -0.478 e. The molecule has 0 bridgehead atoms. The summed E-state index contributed by atoms with van der Waals surface area (Å²) in [6.07, 6.45) is 34.2. The molecule has 0 aromatic heterocycles. The second kappa shape index (κ2) is 20.0. The van der Waals surface area contributed by atoms with Gasteiger partial charge in [-0.2, -0.15) is 0 Å². The average Bonchev–Trinajstić information content (AvgIpc) is 2.60. The van der Waals surface area contributed by atoms with Crippen molar-refractivity contribution in [1.29, 1.82) is 0 Å². The van der Waals surface area contributed by atoms with Gasteiger partial charge in [-0.15, -0.1) is 0 Å². The van der Waals surface area contributed by atoms with Gasteiger partial charge in [-0.1, -0.05) is 119 Å². The highest BCUT2D eigenvalue weighted by atomic mass is 16.4. The zero-order chi connectivity index (χ0) is 18.4. The van der Waals surface area contributed by atoms with Crippen LogP contribution >= 0.6 is 0 Å². The second-order valence-electron chi connectivity index (χ2n) is 5.93. The summed E-state index contributed by atoms with van der Waals surface area (Å²) in [6.45, 7) is 2.26. The molecular formula is C23H34O2. The van der Waals surface area contributed by atoms with Gasteiger partial charge < -0.3 is 5.11 Å². The molecule has 0 saturated carbocycles. The number of unbranched alkanes of at least 4 members (excludes halogenated alkanes) is 8. The molecule has 0 amide bonds. The monoisotopic (exact) mass is 342 g/mol. The number of allylic oxidation sites excluding steroid dienone is 11. The van der Waals surface area contributed by atoms with Crippen molar-refractivity contribution in [3.05, 3.63) is 72.9 Å². The van der Waals surface area contributed by atoms with Gasteiger partial charge in [0.1, 0.15) is 0 Å². The Morgan fingerprint density at radius 2 is 1.08 bits per heavy atom. The molecule has 0 aromatic rings. The maximum atomic E-state index is 10.2. The predicted molar refractivity (Wildman–Crippen MR) is 110 cm³/mol. The molecule has 0 fully saturated rings. The van der Waals surface area contributed by atoms with E-state index in [0.717, 1.165) is 12.5 Å². The van der Waals surface area contributed by atoms with E-state index < -0.39 is 5.97 Å². The fourth-order valence-electron chi connectivity index (χ4n) is 2.22. The molecule has 0 radical (unpaired) electrons. The van der Waals surface area contributed by atoms with Crippen molar-refractivity contribution >= 4 is 5.97 Å². The van der Waals surface area contributed by atoms with Crippen molar-refractivity contribution < 1.29 is 9.90 Å². The Balaban J connectivity index is 3.54. The van der Waals surface area contributed by atoms with Gasteiger partial charge >= 0.3 is 5.97 Å². The highest BCUT2D eigenvalue weighted by Gasteiger charge is 1.89. The lowest BCUT2D eigenvalue weighted by Gasteiger charge is -1.99. The van der Waals surface area contributed by atoms with E-state index in [9.17, 15) is 4.79 Å². The first kappa shape index (κ1) is 22.9. The summed E-state index contributed by atoms with van der Waals surface area (Å²) in [7, 11) is 0. The van der Waals surface area contributed by atoms with Gasteiger partial charge in [0.05, 0.1) is 0 Å². The van der Waals surface area contributed by atoms with Crippen LogP contribution in [0.3, 0.4) is 0 Å². The van der Waals surface area contributed by atoms with Crippen LogP contribution in [0.1, 0.15) is 64.7 Å². The molecule has 0 aromatic carbocycles. The summed E-state index contributed by atoms with van der Waals surface area (Å²) in [5.41, 5.74) is 0. The van der Waals surface area contributed by atoms with Crippen molar-refractivity contribution in [2.24, 2.45) is 0 Å². The lowest BCUT2D eigenvalue weighted by Crippen LogP contribution is -1.84. The van der Waals surface area contributed by atoms with E-state index in [4.69, 9.17) is 5.11 Å². The molecular weight excluding hydrogens is 308 g/mol. The lowest BCUT2D eigenvalue weighted by molar-refractivity contribution is -0.131. The molecule has 0 spiro atoms. The van der Waals surface area contributed by atoms with Gasteiger partial charge in [0.15, 0.2) is 0 Å². The fraction of sp³-hybridized carbons (Fsp3) is 0.435. The highest BCUT2D eigenvalue weighted by molar-refractivity contribution is 5.80. The predicted octanol–water partition coefficient (Wildman–Crippen LogP) is 6.94. The molecule has 1 N–H and O–H groups in total. The number of hydrogen-bond donors (Lipinski definition) is 1. The van der Waals surface area contributed by atoms with Gasteiger partial charge in [-0.05, 0) is 12.8 Å². The normalized spacial score (nSPS) is 13.0. The van der Waals surface area contributed by atoms with E-state index in [2.05, 4.69) is 19.1 Å². The Hall–Kier alpha value is -2.09. The summed E-state index contributed by atoms with van der Waals surface area (Å²) < 4.78 is 0. The summed E-state index contributed by atoms with van der Waals surface area (Å²) in [6, 6.07) is 0. The SMILES string of the molecule is CCCCCCCCCC/C=C/C=C/C=C/C=C/C=C/C=C/C(=O)O. The Bertz CT molecular complexity index is 476. The first-order valence-electron chi connectivity index (χ1n) is 9.50. The number of rotatable bonds is 15. The van der Waals surface area contributed by atoms with Crippen LogP contribution in [-0.2, 0) is 4.79 Å². The van der Waals surface area contributed by atoms with E-state index in [0.29, 0.717) is 0 Å². The first-order valence-corrected chi connectivity index (χ1v) is 9.50. The van der Waals surface area contributed by atoms with Crippen LogP contribution in [0.2, 0.25) is 0 Å². The molecule has 0 atom stereocenters. The second-order valence-corrected chi connectivity index (χ2v) is 5.93. The van der Waals surface area contributed by atoms with Gasteiger partial charge in [-0.3, -0.25) is 0 Å². The molecule has 0 rings (SSSR count). The van der Waals surface area contributed by atoms with E-state index in [1.807, 2.05) is 36.5 Å². The van der Waals surface area contributed by atoms with E-state index in [-0.39, 0.29) is 0 Å². The lowest BCUT2D eigenvalue weighted by atomic mass is 10.1. The molecule has 2 nitrogen and oxygen atoms in total. The Kier molecular flexibility index (Phi) is 18.3. The number of aliphatic carboxylic acids is 1. The maximum Gasteiger partial charge on any atom is 0.328 e. The summed E-state index contributed by atoms with van der Waals surface area (Å²) in [4.78, 5) is 10.2. The molecule has 0 aliphatic rings. The molecule has 0 heterocycles. The van der Waals surface area contributed by atoms with Crippen molar-refractivity contribution in [3.8, 4) is 0 Å². The third-order valence-electron chi connectivity index (χ3n) is 3.60. The number of carbonyl (C=O) groups is 1. The van der Waals surface area contributed by atoms with Crippen LogP contribution in [0.15, 0.2) is 72.9 Å². The molecule has 25 heavy (non-hydrogen) atoms. The third kappa shape index (κ3) is 21.9. The molecule has 2 heteroatoms. The van der Waals surface area contributed by atoms with Gasteiger partial charge in [0.25, 0.3) is 0 Å². The minimum atomic E-state index is -0.936. The van der Waals surface area contributed by atoms with Crippen molar-refractivity contribution in [2.45, 2.75) is 64.7 Å². The summed E-state index contributed by atoms with van der Waals surface area (Å²) >= 11 is 0. The summed E-state index contributed by atoms with van der Waals surface area (Å²) in [5.74, 6) is -0.936. The van der Waals surface area contributed by atoms with Gasteiger partial charge in [0, 0.05) is 6.08 Å². The van der Waals surface area contributed by atoms with Crippen molar-refractivity contribution in [1.82, 2.24) is 0 Å². The van der Waals surface area contributed by atoms with Crippen molar-refractivity contribution in [3.63, 3.8) is 0 Å². The van der Waals surface area contributed by atoms with E-state index >= 15 is 0 Å². The number of carboxylic acids is 1. The van der Waals surface area contributed by atoms with Crippen molar-refractivity contribution in [2.75, 3.05) is 0 Å². The highest BCUT2D eigenvalue weighted by Crippen LogP contribution is 2.09. The number of carboxylic acid groups (broad SMARTS) is 1. The topological polar surface area (TPSA) is 37.3 Å². The van der Waals surface area contributed by atoms with Crippen LogP contribution in [-0.4, -0.2) is 11.1 Å². The van der Waals surface area contributed by atoms with Crippen LogP contribution in [0.25, 0.3) is 0 Å². The fourth-order valence-corrected chi connectivity index (χ4v) is 2.22. The summed E-state index contributed by atoms with van der Waals surface area (Å²) in [5, 5.41) is 8.40. The molecule has 0 saturated heterocycles. The molecule has 0 aliphatic carbocycles. The first-order chi connectivity index (χ1) is 12.3. The van der Waals surface area contributed by atoms with Crippen LogP contribution in [0.5, 0.6) is 0 Å². The van der Waals surface area contributed by atoms with E-state index in [1.54, 1.807) is 12.2 Å². The van der Waals surface area contributed by atoms with Gasteiger partial charge in [0.2, 0.25) is 0 Å². The molecule has 0 unspecified atom stereocenters. The van der Waals surface area contributed by atoms with Crippen LogP contribution < -0.4 is 0 Å². The molecule has 138 valence electrons. The zero-order valence-corrected chi connectivity index (χ0v) is 15.6. The average molecular weight is 343 g/mol. The standard InChI is InChI=1S/C23H34O2/c1-2-3-4-5-6-7-8-9-10-11-12-13-14-15-16-17-18-19-20-21-22-23(24)25/h11-22H,2-10H2,1H3,(H,24,25)/b12-11+,14-13+,16-15+,18-17+,20-19+,22-21+. The third-order valence-corrected chi connectivity index (χ3v) is 3.60. The smallest absolute Gasteiger partial charge is 0.328 e. The Morgan fingerprint density at radius 1 is 0.640 bits per heavy atom. The van der Waals surface area contributed by atoms with Gasteiger partial charge in [-0.25, -0.2) is 4.79 Å². The largest absolute Gasteiger partial charge is 0.478 e. The van der Waals surface area contributed by atoms with E-state index in [1.165, 1.54) is 57.4 Å². The minimum absolute atomic E-state index is 0.936. The Morgan fingerprint density at radius 3 is 1.60 bits per heavy atom. The quantitative estimate of drug-likeness (QED) is 0.199. The number of hydrogen-bond acceptors (Lipinski definition) is 1. The van der Waals surface area contributed by atoms with Crippen LogP contribution in [0.4, 0.5) is 0 Å². The molecule has 0 aliphatic heterocycles. The zero-order valence-electron chi connectivity index (χ0n) is 15.6. The Labute approximate surface area is 154 Å². The van der Waals surface area contributed by atoms with Crippen LogP contribution in [0, 0.1) is 0 Å².